The van der Waals surface area contributed by atoms with Crippen LogP contribution < -0.4 is 5.32 Å². The summed E-state index contributed by atoms with van der Waals surface area (Å²) in [5.74, 6) is -0.724. The Morgan fingerprint density at radius 1 is 1.05 bits per heavy atom. The number of hydrogen-bond acceptors (Lipinski definition) is 2. The highest BCUT2D eigenvalue weighted by Gasteiger charge is 2.48. The fraction of sp³-hybridized carbons (Fsp3) is 0.176. The van der Waals surface area contributed by atoms with Crippen molar-refractivity contribution in [3.8, 4) is 0 Å². The molecule has 0 spiro atoms. The summed E-state index contributed by atoms with van der Waals surface area (Å²) in [7, 11) is 0. The number of nitrogens with zero attached hydrogens (tertiary/aromatic N) is 1. The molecule has 3 amide bonds. The highest BCUT2D eigenvalue weighted by atomic mass is 19.1. The predicted octanol–water partition coefficient (Wildman–Crippen LogP) is 2.79. The number of rotatable bonds is 3. The first-order chi connectivity index (χ1) is 10.5. The third kappa shape index (κ3) is 2.35. The van der Waals surface area contributed by atoms with Gasteiger partial charge in [-0.2, -0.15) is 0 Å². The van der Waals surface area contributed by atoms with E-state index in [4.69, 9.17) is 0 Å². The van der Waals surface area contributed by atoms with E-state index < -0.39 is 11.6 Å². The van der Waals surface area contributed by atoms with Gasteiger partial charge in [-0.3, -0.25) is 9.69 Å². The Labute approximate surface area is 127 Å². The van der Waals surface area contributed by atoms with E-state index >= 15 is 0 Å². The molecule has 1 N–H and O–H groups in total. The molecule has 0 saturated carbocycles. The Balaban J connectivity index is 1.89. The predicted molar refractivity (Wildman–Crippen MR) is 79.3 cm³/mol. The number of carbonyl (C=O) groups excluding carboxylic acids is 2. The molecule has 1 heterocycles. The van der Waals surface area contributed by atoms with Crippen molar-refractivity contribution in [3.05, 3.63) is 71.5 Å². The molecule has 0 aromatic heterocycles. The van der Waals surface area contributed by atoms with E-state index in [0.29, 0.717) is 5.56 Å². The fourth-order valence-electron chi connectivity index (χ4n) is 2.59. The summed E-state index contributed by atoms with van der Waals surface area (Å²) in [6.45, 7) is 1.84. The highest BCUT2D eigenvalue weighted by Crippen LogP contribution is 2.29. The van der Waals surface area contributed by atoms with E-state index in [2.05, 4.69) is 5.32 Å². The Morgan fingerprint density at radius 3 is 2.32 bits per heavy atom. The molecule has 0 aliphatic carbocycles. The number of carbonyl (C=O) groups is 2. The van der Waals surface area contributed by atoms with Crippen LogP contribution in [0.15, 0.2) is 54.6 Å². The third-order valence-corrected chi connectivity index (χ3v) is 3.88. The summed E-state index contributed by atoms with van der Waals surface area (Å²) in [5, 5.41) is 2.70. The summed E-state index contributed by atoms with van der Waals surface area (Å²) in [6.07, 6.45) is 0. The van der Waals surface area contributed by atoms with Crippen molar-refractivity contribution in [1.29, 1.82) is 0 Å². The molecular formula is C17H15FN2O2. The van der Waals surface area contributed by atoms with Gasteiger partial charge in [0, 0.05) is 0 Å². The van der Waals surface area contributed by atoms with Crippen molar-refractivity contribution < 1.29 is 14.0 Å². The highest BCUT2D eigenvalue weighted by molar-refractivity contribution is 6.07. The van der Waals surface area contributed by atoms with Crippen molar-refractivity contribution >= 4 is 11.9 Å². The average Bonchev–Trinajstić information content (AvgIpc) is 2.73. The van der Waals surface area contributed by atoms with Gasteiger partial charge in [-0.25, -0.2) is 9.18 Å². The van der Waals surface area contributed by atoms with Gasteiger partial charge in [0.1, 0.15) is 11.4 Å². The lowest BCUT2D eigenvalue weighted by atomic mass is 9.92. The number of hydrogen-bond donors (Lipinski definition) is 1. The van der Waals surface area contributed by atoms with Crippen molar-refractivity contribution in [2.45, 2.75) is 19.0 Å². The first-order valence-corrected chi connectivity index (χ1v) is 6.95. The normalized spacial score (nSPS) is 21.1. The fourth-order valence-corrected chi connectivity index (χ4v) is 2.59. The maximum Gasteiger partial charge on any atom is 0.325 e. The summed E-state index contributed by atoms with van der Waals surface area (Å²) in [4.78, 5) is 26.0. The second kappa shape index (κ2) is 5.26. The minimum absolute atomic E-state index is 0.211. The monoisotopic (exact) mass is 298 g/mol. The molecule has 1 unspecified atom stereocenters. The lowest BCUT2D eigenvalue weighted by molar-refractivity contribution is -0.131. The largest absolute Gasteiger partial charge is 0.325 e. The lowest BCUT2D eigenvalue weighted by Crippen LogP contribution is -2.40. The van der Waals surface area contributed by atoms with E-state index in [0.717, 1.165) is 5.56 Å². The molecule has 5 heteroatoms. The lowest BCUT2D eigenvalue weighted by Gasteiger charge is -2.22. The van der Waals surface area contributed by atoms with Gasteiger partial charge in [-0.05, 0) is 30.2 Å². The number of urea groups is 1. The molecule has 1 saturated heterocycles. The van der Waals surface area contributed by atoms with Gasteiger partial charge in [0.15, 0.2) is 0 Å². The van der Waals surface area contributed by atoms with Crippen LogP contribution >= 0.6 is 0 Å². The van der Waals surface area contributed by atoms with Gasteiger partial charge in [-0.15, -0.1) is 0 Å². The molecule has 0 radical (unpaired) electrons. The van der Waals surface area contributed by atoms with Crippen LogP contribution in [0.3, 0.4) is 0 Å². The van der Waals surface area contributed by atoms with Crippen LogP contribution in [-0.2, 0) is 16.9 Å². The van der Waals surface area contributed by atoms with Gasteiger partial charge in [0.25, 0.3) is 5.91 Å². The minimum atomic E-state index is -1.17. The third-order valence-electron chi connectivity index (χ3n) is 3.88. The maximum absolute atomic E-state index is 13.1. The number of imide groups is 1. The minimum Gasteiger partial charge on any atom is -0.319 e. The molecule has 2 aromatic rings. The Morgan fingerprint density at radius 2 is 1.68 bits per heavy atom. The van der Waals surface area contributed by atoms with Crippen LogP contribution in [0.2, 0.25) is 0 Å². The van der Waals surface area contributed by atoms with Crippen molar-refractivity contribution in [2.24, 2.45) is 0 Å². The topological polar surface area (TPSA) is 49.4 Å². The quantitative estimate of drug-likeness (QED) is 0.886. The molecule has 3 rings (SSSR count). The van der Waals surface area contributed by atoms with E-state index in [-0.39, 0.29) is 18.3 Å². The molecule has 2 aromatic carbocycles. The molecule has 1 fully saturated rings. The Bertz CT molecular complexity index is 715. The van der Waals surface area contributed by atoms with E-state index in [1.54, 1.807) is 6.92 Å². The maximum atomic E-state index is 13.1. The summed E-state index contributed by atoms with van der Waals surface area (Å²) in [6, 6.07) is 14.4. The zero-order valence-corrected chi connectivity index (χ0v) is 12.0. The molecule has 22 heavy (non-hydrogen) atoms. The second-order valence-corrected chi connectivity index (χ2v) is 5.44. The van der Waals surface area contributed by atoms with Crippen LogP contribution in [0.4, 0.5) is 9.18 Å². The molecule has 1 aliphatic rings. The molecule has 0 bridgehead atoms. The second-order valence-electron chi connectivity index (χ2n) is 5.44. The molecule has 112 valence electrons. The van der Waals surface area contributed by atoms with Gasteiger partial charge < -0.3 is 5.32 Å². The van der Waals surface area contributed by atoms with Crippen LogP contribution in [-0.4, -0.2) is 16.8 Å². The number of nitrogens with one attached hydrogen (secondary N) is 1. The zero-order valence-electron chi connectivity index (χ0n) is 12.0. The molecular weight excluding hydrogens is 283 g/mol. The van der Waals surface area contributed by atoms with Gasteiger partial charge in [0.2, 0.25) is 0 Å². The Kier molecular flexibility index (Phi) is 3.41. The van der Waals surface area contributed by atoms with E-state index in [9.17, 15) is 14.0 Å². The summed E-state index contributed by atoms with van der Waals surface area (Å²) in [5.41, 5.74) is 0.261. The van der Waals surface area contributed by atoms with Crippen molar-refractivity contribution in [3.63, 3.8) is 0 Å². The number of benzene rings is 2. The SMILES string of the molecule is CC1(c2ccc(F)cc2)NC(=O)N(Cc2ccccc2)C1=O. The summed E-state index contributed by atoms with van der Waals surface area (Å²) < 4.78 is 13.1. The van der Waals surface area contributed by atoms with Gasteiger partial charge in [-0.1, -0.05) is 42.5 Å². The standard InChI is InChI=1S/C17H15FN2O2/c1-17(13-7-9-14(18)10-8-13)15(21)20(16(22)19-17)11-12-5-3-2-4-6-12/h2-10H,11H2,1H3,(H,19,22). The van der Waals surface area contributed by atoms with E-state index in [1.807, 2.05) is 30.3 Å². The Hall–Kier alpha value is -2.69. The van der Waals surface area contributed by atoms with Crippen molar-refractivity contribution in [1.82, 2.24) is 10.2 Å². The smallest absolute Gasteiger partial charge is 0.319 e. The van der Waals surface area contributed by atoms with Crippen LogP contribution in [0.5, 0.6) is 0 Å². The molecule has 4 nitrogen and oxygen atoms in total. The average molecular weight is 298 g/mol. The van der Waals surface area contributed by atoms with Crippen LogP contribution in [0.1, 0.15) is 18.1 Å². The van der Waals surface area contributed by atoms with E-state index in [1.165, 1.54) is 29.2 Å². The van der Waals surface area contributed by atoms with Crippen molar-refractivity contribution in [2.75, 3.05) is 0 Å². The van der Waals surface area contributed by atoms with Crippen LogP contribution in [0, 0.1) is 5.82 Å². The zero-order chi connectivity index (χ0) is 15.7. The van der Waals surface area contributed by atoms with Gasteiger partial charge >= 0.3 is 6.03 Å². The molecule has 1 atom stereocenters. The van der Waals surface area contributed by atoms with Gasteiger partial charge in [0.05, 0.1) is 6.54 Å². The first-order valence-electron chi connectivity index (χ1n) is 6.95. The first kappa shape index (κ1) is 14.3. The molecule has 1 aliphatic heterocycles. The number of amides is 3. The van der Waals surface area contributed by atoms with Crippen LogP contribution in [0.25, 0.3) is 0 Å². The summed E-state index contributed by atoms with van der Waals surface area (Å²) >= 11 is 0. The number of halogens is 1.